The van der Waals surface area contributed by atoms with Gasteiger partial charge >= 0.3 is 0 Å². The van der Waals surface area contributed by atoms with E-state index in [0.29, 0.717) is 18.7 Å². The van der Waals surface area contributed by atoms with Crippen molar-refractivity contribution >= 4 is 15.9 Å². The molecule has 3 aromatic rings. The number of ether oxygens (including phenoxy) is 3. The number of sulfonamides is 1. The van der Waals surface area contributed by atoms with Gasteiger partial charge in [-0.1, -0.05) is 19.9 Å². The zero-order chi connectivity index (χ0) is 24.5. The summed E-state index contributed by atoms with van der Waals surface area (Å²) in [4.78, 5) is 16.9. The van der Waals surface area contributed by atoms with E-state index in [9.17, 15) is 13.2 Å². The zero-order valence-corrected chi connectivity index (χ0v) is 20.2. The van der Waals surface area contributed by atoms with Crippen molar-refractivity contribution in [3.8, 4) is 17.4 Å². The molecule has 1 amide bonds. The monoisotopic (exact) mass is 486 g/mol. The van der Waals surface area contributed by atoms with E-state index in [4.69, 9.17) is 14.2 Å². The number of hydrogen-bond acceptors (Lipinski definition) is 8. The Hall–Kier alpha value is -3.60. The molecule has 4 rings (SSSR count). The number of nitrogens with zero attached hydrogens (tertiary/aromatic N) is 3. The number of carbonyl (C=O) groups excluding carboxylic acids is 1. The van der Waals surface area contributed by atoms with Crippen molar-refractivity contribution in [3.63, 3.8) is 0 Å². The summed E-state index contributed by atoms with van der Waals surface area (Å²) in [5, 5.41) is 4.14. The van der Waals surface area contributed by atoms with Gasteiger partial charge in [0.25, 0.3) is 15.9 Å². The third-order valence-electron chi connectivity index (χ3n) is 5.75. The highest BCUT2D eigenvalue weighted by molar-refractivity contribution is 7.90. The van der Waals surface area contributed by atoms with Crippen LogP contribution in [0.4, 0.5) is 0 Å². The van der Waals surface area contributed by atoms with E-state index in [1.54, 1.807) is 41.3 Å². The first-order valence-corrected chi connectivity index (χ1v) is 12.1. The molecule has 0 aliphatic carbocycles. The van der Waals surface area contributed by atoms with E-state index < -0.39 is 15.9 Å². The maximum atomic E-state index is 13.3. The molecule has 0 atom stereocenters. The van der Waals surface area contributed by atoms with Crippen LogP contribution in [0.2, 0.25) is 0 Å². The standard InChI is InChI=1S/C23H26N4O6S/c1-23(2)10-13-33-19-16(23)7-9-18(31-3)20(19)34(29,30)26-21(28)17-8-6-15(22(25-17)32-4)14-27-12-5-11-24-27/h5-9,11-12H,10,13-14H2,1-4H3,(H,26,28). The first-order chi connectivity index (χ1) is 16.2. The molecule has 2 aromatic heterocycles. The number of carbonyl (C=O) groups is 1. The molecule has 0 saturated carbocycles. The van der Waals surface area contributed by atoms with Gasteiger partial charge < -0.3 is 14.2 Å². The van der Waals surface area contributed by atoms with E-state index in [1.807, 2.05) is 13.8 Å². The highest BCUT2D eigenvalue weighted by Crippen LogP contribution is 2.45. The average molecular weight is 487 g/mol. The first kappa shape index (κ1) is 23.6. The minimum atomic E-state index is -4.36. The predicted molar refractivity (Wildman–Crippen MR) is 123 cm³/mol. The molecule has 10 nitrogen and oxygen atoms in total. The van der Waals surface area contributed by atoms with Gasteiger partial charge in [-0.2, -0.15) is 5.10 Å². The number of nitrogens with one attached hydrogen (secondary N) is 1. The van der Waals surface area contributed by atoms with E-state index >= 15 is 0 Å². The lowest BCUT2D eigenvalue weighted by atomic mass is 9.80. The summed E-state index contributed by atoms with van der Waals surface area (Å²) in [7, 11) is -1.57. The summed E-state index contributed by atoms with van der Waals surface area (Å²) in [6.45, 7) is 4.75. The van der Waals surface area contributed by atoms with Crippen LogP contribution >= 0.6 is 0 Å². The summed E-state index contributed by atoms with van der Waals surface area (Å²) < 4.78 is 46.8. The molecule has 1 aliphatic rings. The molecule has 1 aromatic carbocycles. The van der Waals surface area contributed by atoms with Gasteiger partial charge in [0.05, 0.1) is 27.4 Å². The lowest BCUT2D eigenvalue weighted by molar-refractivity contribution is 0.0975. The van der Waals surface area contributed by atoms with Crippen LogP contribution in [0.1, 0.15) is 41.9 Å². The molecule has 0 spiro atoms. The topological polar surface area (TPSA) is 122 Å². The van der Waals surface area contributed by atoms with Gasteiger partial charge in [-0.25, -0.2) is 18.1 Å². The molecule has 0 radical (unpaired) electrons. The van der Waals surface area contributed by atoms with Crippen molar-refractivity contribution in [2.24, 2.45) is 0 Å². The van der Waals surface area contributed by atoms with Gasteiger partial charge in [-0.05, 0) is 36.1 Å². The van der Waals surface area contributed by atoms with Crippen molar-refractivity contribution in [3.05, 3.63) is 59.5 Å². The summed E-state index contributed by atoms with van der Waals surface area (Å²) in [6, 6.07) is 8.22. The van der Waals surface area contributed by atoms with Crippen LogP contribution in [0.3, 0.4) is 0 Å². The number of methoxy groups -OCH3 is 2. The van der Waals surface area contributed by atoms with Crippen LogP contribution in [0, 0.1) is 0 Å². The number of rotatable bonds is 7. The van der Waals surface area contributed by atoms with Gasteiger partial charge in [0.2, 0.25) is 5.88 Å². The number of hydrogen-bond donors (Lipinski definition) is 1. The zero-order valence-electron chi connectivity index (χ0n) is 19.4. The molecular weight excluding hydrogens is 460 g/mol. The Morgan fingerprint density at radius 2 is 2.00 bits per heavy atom. The molecule has 1 aliphatic heterocycles. The number of pyridine rings is 1. The maximum Gasteiger partial charge on any atom is 0.283 e. The Morgan fingerprint density at radius 1 is 1.21 bits per heavy atom. The number of aromatic nitrogens is 3. The normalized spacial score (nSPS) is 14.6. The molecule has 1 N–H and O–H groups in total. The van der Waals surface area contributed by atoms with E-state index in [-0.39, 0.29) is 33.4 Å². The summed E-state index contributed by atoms with van der Waals surface area (Å²) in [5.74, 6) is -0.438. The van der Waals surface area contributed by atoms with Crippen LogP contribution in [0.5, 0.6) is 17.4 Å². The largest absolute Gasteiger partial charge is 0.495 e. The van der Waals surface area contributed by atoms with Crippen LogP contribution < -0.4 is 18.9 Å². The average Bonchev–Trinajstić information content (AvgIpc) is 3.31. The fourth-order valence-electron chi connectivity index (χ4n) is 3.87. The van der Waals surface area contributed by atoms with E-state index in [0.717, 1.165) is 12.0 Å². The predicted octanol–water partition coefficient (Wildman–Crippen LogP) is 2.52. The van der Waals surface area contributed by atoms with Crippen LogP contribution in [0.15, 0.2) is 47.6 Å². The van der Waals surface area contributed by atoms with Crippen molar-refractivity contribution in [2.75, 3.05) is 20.8 Å². The highest BCUT2D eigenvalue weighted by atomic mass is 32.2. The Labute approximate surface area is 197 Å². The van der Waals surface area contributed by atoms with Gasteiger partial charge in [0.15, 0.2) is 4.90 Å². The summed E-state index contributed by atoms with van der Waals surface area (Å²) in [6.07, 6.45) is 4.16. The Morgan fingerprint density at radius 3 is 2.68 bits per heavy atom. The minimum Gasteiger partial charge on any atom is -0.495 e. The molecule has 0 unspecified atom stereocenters. The van der Waals surface area contributed by atoms with Gasteiger partial charge in [-0.15, -0.1) is 0 Å². The minimum absolute atomic E-state index is 0.0804. The first-order valence-electron chi connectivity index (χ1n) is 10.6. The lowest BCUT2D eigenvalue weighted by Gasteiger charge is -2.33. The third-order valence-corrected chi connectivity index (χ3v) is 7.13. The molecule has 34 heavy (non-hydrogen) atoms. The van der Waals surface area contributed by atoms with Crippen molar-refractivity contribution < 1.29 is 27.4 Å². The number of amides is 1. The second kappa shape index (κ2) is 8.98. The Balaban J connectivity index is 1.66. The SMILES string of the molecule is COc1ccc2c(c1S(=O)(=O)NC(=O)c1ccc(Cn3cccn3)c(OC)n1)OCCC2(C)C. The maximum absolute atomic E-state index is 13.3. The lowest BCUT2D eigenvalue weighted by Crippen LogP contribution is -2.34. The van der Waals surface area contributed by atoms with Crippen LogP contribution in [-0.4, -0.2) is 49.9 Å². The van der Waals surface area contributed by atoms with Crippen LogP contribution in [-0.2, 0) is 22.0 Å². The van der Waals surface area contributed by atoms with E-state index in [1.165, 1.54) is 20.3 Å². The molecule has 0 bridgehead atoms. The van der Waals surface area contributed by atoms with Gasteiger partial charge in [0.1, 0.15) is 17.2 Å². The van der Waals surface area contributed by atoms with Crippen molar-refractivity contribution in [2.45, 2.75) is 37.1 Å². The highest BCUT2D eigenvalue weighted by Gasteiger charge is 2.36. The van der Waals surface area contributed by atoms with Gasteiger partial charge in [0, 0.05) is 23.5 Å². The summed E-state index contributed by atoms with van der Waals surface area (Å²) >= 11 is 0. The Bertz CT molecular complexity index is 1320. The van der Waals surface area contributed by atoms with Gasteiger partial charge in [-0.3, -0.25) is 9.48 Å². The number of fused-ring (bicyclic) bond motifs is 1. The number of benzene rings is 1. The van der Waals surface area contributed by atoms with Crippen molar-refractivity contribution in [1.29, 1.82) is 0 Å². The molecule has 3 heterocycles. The molecule has 180 valence electrons. The summed E-state index contributed by atoms with van der Waals surface area (Å²) in [5.41, 5.74) is 0.998. The Kier molecular flexibility index (Phi) is 6.22. The molecule has 0 saturated heterocycles. The molecule has 11 heteroatoms. The smallest absolute Gasteiger partial charge is 0.283 e. The quantitative estimate of drug-likeness (QED) is 0.541. The third kappa shape index (κ3) is 4.43. The van der Waals surface area contributed by atoms with Crippen LogP contribution in [0.25, 0.3) is 0 Å². The fraction of sp³-hybridized carbons (Fsp3) is 0.348. The second-order valence-corrected chi connectivity index (χ2v) is 10.1. The van der Waals surface area contributed by atoms with E-state index in [2.05, 4.69) is 14.8 Å². The molecular formula is C23H26N4O6S. The fourth-order valence-corrected chi connectivity index (χ4v) is 5.15. The van der Waals surface area contributed by atoms with Crippen molar-refractivity contribution in [1.82, 2.24) is 19.5 Å². The molecule has 0 fully saturated rings. The second-order valence-electron chi connectivity index (χ2n) is 8.46.